The highest BCUT2D eigenvalue weighted by Gasteiger charge is 2.19. The van der Waals surface area contributed by atoms with E-state index in [9.17, 15) is 0 Å². The summed E-state index contributed by atoms with van der Waals surface area (Å²) in [7, 11) is 0. The Balaban J connectivity index is 2.62. The Morgan fingerprint density at radius 2 is 2.06 bits per heavy atom. The van der Waals surface area contributed by atoms with Crippen LogP contribution in [0, 0.1) is 10.7 Å². The van der Waals surface area contributed by atoms with E-state index in [1.165, 1.54) is 30.2 Å². The fraction of sp³-hybridized carbons (Fsp3) is 0.500. The van der Waals surface area contributed by atoms with E-state index in [2.05, 4.69) is 36.7 Å². The first-order valence-electron chi connectivity index (χ1n) is 6.12. The van der Waals surface area contributed by atoms with Crippen LogP contribution in [0.2, 0.25) is 0 Å². The van der Waals surface area contributed by atoms with E-state index in [0.717, 1.165) is 6.54 Å². The Hall–Kier alpha value is -0.980. The van der Waals surface area contributed by atoms with Gasteiger partial charge in [0.25, 0.3) is 0 Å². The third-order valence-corrected chi connectivity index (χ3v) is 3.80. The highest BCUT2D eigenvalue weighted by molar-refractivity contribution is 8.04. The molecule has 92 valence electrons. The molecule has 0 saturated carbocycles. The van der Waals surface area contributed by atoms with Crippen LogP contribution in [0.3, 0.4) is 0 Å². The Morgan fingerprint density at radius 3 is 2.65 bits per heavy atom. The van der Waals surface area contributed by atoms with E-state index >= 15 is 0 Å². The zero-order valence-electron chi connectivity index (χ0n) is 10.5. The zero-order chi connectivity index (χ0) is 12.5. The first-order valence-corrected chi connectivity index (χ1v) is 7.00. The highest BCUT2D eigenvalue weighted by Crippen LogP contribution is 2.31. The number of hydrogen-bond acceptors (Lipinski definition) is 3. The van der Waals surface area contributed by atoms with E-state index in [0.29, 0.717) is 6.04 Å². The molecular formula is C14H20N2S. The summed E-state index contributed by atoms with van der Waals surface area (Å²) in [6.45, 7) is 5.36. The van der Waals surface area contributed by atoms with E-state index < -0.39 is 0 Å². The zero-order valence-corrected chi connectivity index (χ0v) is 11.3. The molecule has 17 heavy (non-hydrogen) atoms. The van der Waals surface area contributed by atoms with Crippen LogP contribution in [0.4, 0.5) is 0 Å². The van der Waals surface area contributed by atoms with E-state index in [-0.39, 0.29) is 5.25 Å². The molecule has 0 bridgehead atoms. The lowest BCUT2D eigenvalue weighted by Gasteiger charge is -2.22. The molecule has 1 N–H and O–H groups in total. The van der Waals surface area contributed by atoms with Crippen molar-refractivity contribution in [1.29, 1.82) is 5.26 Å². The SMILES string of the molecule is CCCCN[C@@H](C)[C@H](SC#N)c1ccccc1. The van der Waals surface area contributed by atoms with Crippen LogP contribution in [0.5, 0.6) is 0 Å². The van der Waals surface area contributed by atoms with Gasteiger partial charge in [-0.05, 0) is 37.2 Å². The van der Waals surface area contributed by atoms with Crippen LogP contribution < -0.4 is 5.32 Å². The van der Waals surface area contributed by atoms with Crippen LogP contribution in [0.15, 0.2) is 30.3 Å². The van der Waals surface area contributed by atoms with Crippen molar-refractivity contribution in [1.82, 2.24) is 5.32 Å². The summed E-state index contributed by atoms with van der Waals surface area (Å²) in [5, 5.41) is 14.8. The van der Waals surface area contributed by atoms with Crippen molar-refractivity contribution in [3.05, 3.63) is 35.9 Å². The standard InChI is InChI=1S/C14H20N2S/c1-3-4-10-16-12(2)14(17-11-15)13-8-6-5-7-9-13/h5-9,12,14,16H,3-4,10H2,1-2H3/t12-,14-/m0/s1. The minimum atomic E-state index is 0.207. The molecule has 0 fully saturated rings. The van der Waals surface area contributed by atoms with Gasteiger partial charge in [0.1, 0.15) is 5.40 Å². The first-order chi connectivity index (χ1) is 8.29. The molecular weight excluding hydrogens is 228 g/mol. The molecule has 0 heterocycles. The molecule has 0 saturated heterocycles. The number of thiocyanates is 1. The Kier molecular flexibility index (Phi) is 6.76. The van der Waals surface area contributed by atoms with Gasteiger partial charge in [-0.15, -0.1) is 0 Å². The first kappa shape index (κ1) is 14.1. The van der Waals surface area contributed by atoms with E-state index in [1.54, 1.807) is 0 Å². The molecule has 0 unspecified atom stereocenters. The fourth-order valence-electron chi connectivity index (χ4n) is 1.77. The van der Waals surface area contributed by atoms with Crippen LogP contribution in [-0.2, 0) is 0 Å². The van der Waals surface area contributed by atoms with Crippen molar-refractivity contribution in [2.75, 3.05) is 6.54 Å². The van der Waals surface area contributed by atoms with Gasteiger partial charge >= 0.3 is 0 Å². The molecule has 0 radical (unpaired) electrons. The molecule has 1 aromatic rings. The van der Waals surface area contributed by atoms with Crippen molar-refractivity contribution >= 4 is 11.8 Å². The molecule has 2 nitrogen and oxygen atoms in total. The third kappa shape index (κ3) is 4.80. The monoisotopic (exact) mass is 248 g/mol. The van der Waals surface area contributed by atoms with Crippen molar-refractivity contribution in [2.24, 2.45) is 0 Å². The maximum atomic E-state index is 8.90. The Labute approximate surface area is 108 Å². The molecule has 2 atom stereocenters. The van der Waals surface area contributed by atoms with Gasteiger partial charge in [-0.3, -0.25) is 0 Å². The summed E-state index contributed by atoms with van der Waals surface area (Å²) in [5.74, 6) is 0. The Morgan fingerprint density at radius 1 is 1.35 bits per heavy atom. The van der Waals surface area contributed by atoms with Gasteiger partial charge in [-0.1, -0.05) is 43.7 Å². The van der Waals surface area contributed by atoms with Gasteiger partial charge in [0.05, 0.1) is 5.25 Å². The predicted octanol–water partition coefficient (Wildman–Crippen LogP) is 3.72. The summed E-state index contributed by atoms with van der Waals surface area (Å²) in [6, 6.07) is 10.6. The normalized spacial score (nSPS) is 13.9. The summed E-state index contributed by atoms with van der Waals surface area (Å²) in [5.41, 5.74) is 1.22. The van der Waals surface area contributed by atoms with Crippen LogP contribution >= 0.6 is 11.8 Å². The molecule has 1 aromatic carbocycles. The third-order valence-electron chi connectivity index (χ3n) is 2.76. The summed E-state index contributed by atoms with van der Waals surface area (Å²) < 4.78 is 0. The van der Waals surface area contributed by atoms with Crippen LogP contribution in [0.25, 0.3) is 0 Å². The van der Waals surface area contributed by atoms with Gasteiger partial charge in [0.15, 0.2) is 0 Å². The Bertz CT molecular complexity index is 345. The van der Waals surface area contributed by atoms with E-state index in [4.69, 9.17) is 5.26 Å². The largest absolute Gasteiger partial charge is 0.313 e. The second kappa shape index (κ2) is 8.16. The number of nitrogens with one attached hydrogen (secondary N) is 1. The number of thioether (sulfide) groups is 1. The maximum absolute atomic E-state index is 8.90. The number of benzene rings is 1. The van der Waals surface area contributed by atoms with Gasteiger partial charge in [0.2, 0.25) is 0 Å². The van der Waals surface area contributed by atoms with Crippen molar-refractivity contribution in [3.8, 4) is 5.40 Å². The average molecular weight is 248 g/mol. The predicted molar refractivity (Wildman–Crippen MR) is 74.8 cm³/mol. The molecule has 1 rings (SSSR count). The topological polar surface area (TPSA) is 35.8 Å². The van der Waals surface area contributed by atoms with Crippen LogP contribution in [-0.4, -0.2) is 12.6 Å². The summed E-state index contributed by atoms with van der Waals surface area (Å²) >= 11 is 1.34. The smallest absolute Gasteiger partial charge is 0.134 e. The quantitative estimate of drug-likeness (QED) is 0.590. The maximum Gasteiger partial charge on any atom is 0.134 e. The molecule has 0 aliphatic rings. The molecule has 3 heteroatoms. The molecule has 0 aromatic heterocycles. The average Bonchev–Trinajstić information content (AvgIpc) is 2.37. The fourth-order valence-corrected chi connectivity index (χ4v) is 2.48. The summed E-state index contributed by atoms with van der Waals surface area (Å²) in [6.07, 6.45) is 2.38. The number of unbranched alkanes of at least 4 members (excludes halogenated alkanes) is 1. The minimum Gasteiger partial charge on any atom is -0.313 e. The lowest BCUT2D eigenvalue weighted by Crippen LogP contribution is -2.31. The van der Waals surface area contributed by atoms with Crippen molar-refractivity contribution in [2.45, 2.75) is 38.0 Å². The number of hydrogen-bond donors (Lipinski definition) is 1. The molecule has 0 aliphatic heterocycles. The number of nitrogens with zero attached hydrogens (tertiary/aromatic N) is 1. The van der Waals surface area contributed by atoms with Crippen LogP contribution in [0.1, 0.15) is 37.5 Å². The second-order valence-corrected chi connectivity index (χ2v) is 5.06. The number of rotatable bonds is 7. The van der Waals surface area contributed by atoms with Crippen molar-refractivity contribution < 1.29 is 0 Å². The van der Waals surface area contributed by atoms with Gasteiger partial charge in [-0.2, -0.15) is 5.26 Å². The molecule has 0 amide bonds. The molecule has 0 spiro atoms. The van der Waals surface area contributed by atoms with E-state index in [1.807, 2.05) is 18.2 Å². The summed E-state index contributed by atoms with van der Waals surface area (Å²) in [4.78, 5) is 0. The van der Waals surface area contributed by atoms with Gasteiger partial charge in [-0.25, -0.2) is 0 Å². The van der Waals surface area contributed by atoms with Gasteiger partial charge in [0, 0.05) is 6.04 Å². The second-order valence-electron chi connectivity index (χ2n) is 4.14. The van der Waals surface area contributed by atoms with Gasteiger partial charge < -0.3 is 5.32 Å². The molecule has 0 aliphatic carbocycles. The lowest BCUT2D eigenvalue weighted by molar-refractivity contribution is 0.525. The van der Waals surface area contributed by atoms with Crippen molar-refractivity contribution in [3.63, 3.8) is 0 Å². The lowest BCUT2D eigenvalue weighted by atomic mass is 10.1. The number of nitriles is 1. The minimum absolute atomic E-state index is 0.207. The highest BCUT2D eigenvalue weighted by atomic mass is 32.2.